The molecule has 4 fully saturated rings. The molecule has 278 valence electrons. The van der Waals surface area contributed by atoms with Crippen molar-refractivity contribution in [3.05, 3.63) is 162 Å². The van der Waals surface area contributed by atoms with Crippen LogP contribution in [0.1, 0.15) is 88.5 Å². The van der Waals surface area contributed by atoms with E-state index in [1.165, 1.54) is 100 Å². The lowest BCUT2D eigenvalue weighted by Gasteiger charge is -2.77. The maximum Gasteiger partial charge on any atom is 0.132 e. The highest BCUT2D eigenvalue weighted by Gasteiger charge is 2.84. The summed E-state index contributed by atoms with van der Waals surface area (Å²) in [6, 6.07) is 52.6. The van der Waals surface area contributed by atoms with Crippen LogP contribution in [0.15, 0.2) is 140 Å². The van der Waals surface area contributed by atoms with Gasteiger partial charge in [0.05, 0.1) is 0 Å². The molecule has 2 spiro atoms. The van der Waals surface area contributed by atoms with Crippen LogP contribution in [-0.4, -0.2) is 0 Å². The van der Waals surface area contributed by atoms with Gasteiger partial charge >= 0.3 is 0 Å². The van der Waals surface area contributed by atoms with E-state index in [1.807, 2.05) is 0 Å². The third-order valence-corrected chi connectivity index (χ3v) is 16.3. The second-order valence-electron chi connectivity index (χ2n) is 19.7. The fourth-order valence-corrected chi connectivity index (χ4v) is 13.7. The quantitative estimate of drug-likeness (QED) is 0.175. The van der Waals surface area contributed by atoms with E-state index in [4.69, 9.17) is 4.74 Å². The third-order valence-electron chi connectivity index (χ3n) is 16.3. The van der Waals surface area contributed by atoms with E-state index < -0.39 is 0 Å². The Bertz CT molecular complexity index is 2550. The van der Waals surface area contributed by atoms with E-state index in [2.05, 4.69) is 172 Å². The second-order valence-corrected chi connectivity index (χ2v) is 19.7. The summed E-state index contributed by atoms with van der Waals surface area (Å²) in [5.74, 6) is 5.30. The van der Waals surface area contributed by atoms with Crippen molar-refractivity contribution in [2.24, 2.45) is 29.1 Å². The van der Waals surface area contributed by atoms with Gasteiger partial charge in [-0.1, -0.05) is 119 Å². The fraction of sp³-hybridized carbons (Fsp3) is 0.333. The van der Waals surface area contributed by atoms with Crippen molar-refractivity contribution in [3.63, 3.8) is 0 Å². The van der Waals surface area contributed by atoms with Gasteiger partial charge in [-0.2, -0.15) is 0 Å². The van der Waals surface area contributed by atoms with Crippen LogP contribution in [0.4, 0.5) is 17.1 Å². The molecule has 2 nitrogen and oxygen atoms in total. The molecule has 6 unspecified atom stereocenters. The van der Waals surface area contributed by atoms with Crippen LogP contribution < -0.4 is 9.64 Å². The molecule has 0 saturated heterocycles. The molecule has 0 N–H and O–H groups in total. The normalized spacial score (nSPS) is 28.9. The molecule has 12 rings (SSSR count). The van der Waals surface area contributed by atoms with Crippen LogP contribution in [0.5, 0.6) is 11.5 Å². The van der Waals surface area contributed by atoms with Crippen molar-refractivity contribution in [2.45, 2.75) is 82.5 Å². The Morgan fingerprint density at radius 1 is 0.482 bits per heavy atom. The largest absolute Gasteiger partial charge is 0.457 e. The summed E-state index contributed by atoms with van der Waals surface area (Å²) in [4.78, 5) is 2.54. The number of nitrogens with zero attached hydrogens (tertiary/aromatic N) is 1. The standard InChI is InChI=1S/C54H51NO/c1-51(2)25-26-52(3,4)45-31-41(20-23-43(45)51)55(40-18-15-37(16-19-40)35-11-7-5-8-12-35)42-21-24-47-46(32-42)54(49-28-34-27-39-30-50(54)53(39,49)33-34)44-22-17-38(29-48(44)56-47)36-13-9-6-10-14-36/h5-24,29,31-32,34,39,49-50H,25-28,30,33H2,1-4H3. The van der Waals surface area contributed by atoms with Crippen molar-refractivity contribution in [1.82, 2.24) is 0 Å². The average Bonchev–Trinajstić information content (AvgIpc) is 3.76. The number of rotatable bonds is 5. The van der Waals surface area contributed by atoms with Gasteiger partial charge in [0.2, 0.25) is 0 Å². The van der Waals surface area contributed by atoms with Crippen LogP contribution in [0.2, 0.25) is 0 Å². The predicted octanol–water partition coefficient (Wildman–Crippen LogP) is 14.3. The zero-order chi connectivity index (χ0) is 37.6. The molecule has 2 heteroatoms. The molecule has 4 saturated carbocycles. The molecule has 6 aromatic rings. The SMILES string of the molecule is CC1(C)CCC(C)(C)c2cc(N(c3ccc(-c4ccccc4)cc3)c3ccc4c(c3)C3(c5ccc(-c6ccccc6)cc5O4)C4CC5CC6CC3C64C5)ccc21. The fourth-order valence-electron chi connectivity index (χ4n) is 13.7. The lowest BCUT2D eigenvalue weighted by molar-refractivity contribution is -0.235. The molecular weight excluding hydrogens is 679 g/mol. The van der Waals surface area contributed by atoms with E-state index in [0.29, 0.717) is 17.3 Å². The topological polar surface area (TPSA) is 12.5 Å². The van der Waals surface area contributed by atoms with Gasteiger partial charge in [0.25, 0.3) is 0 Å². The average molecular weight is 730 g/mol. The molecule has 1 heterocycles. The Labute approximate surface area is 332 Å². The van der Waals surface area contributed by atoms with Gasteiger partial charge in [0, 0.05) is 33.6 Å². The van der Waals surface area contributed by atoms with E-state index in [0.717, 1.165) is 23.3 Å². The monoisotopic (exact) mass is 729 g/mol. The van der Waals surface area contributed by atoms with Crippen molar-refractivity contribution in [1.29, 1.82) is 0 Å². The van der Waals surface area contributed by atoms with E-state index in [-0.39, 0.29) is 16.2 Å². The lowest BCUT2D eigenvalue weighted by Crippen LogP contribution is -2.74. The summed E-state index contributed by atoms with van der Waals surface area (Å²) < 4.78 is 7.08. The number of ether oxygens (including phenoxy) is 1. The zero-order valence-corrected chi connectivity index (χ0v) is 33.2. The number of hydrogen-bond donors (Lipinski definition) is 0. The molecule has 0 radical (unpaired) electrons. The first-order valence-corrected chi connectivity index (χ1v) is 21.3. The van der Waals surface area contributed by atoms with Gasteiger partial charge in [0.1, 0.15) is 11.5 Å². The van der Waals surface area contributed by atoms with Crippen LogP contribution in [0.3, 0.4) is 0 Å². The smallest absolute Gasteiger partial charge is 0.132 e. The summed E-state index contributed by atoms with van der Waals surface area (Å²) in [5, 5.41) is 0. The summed E-state index contributed by atoms with van der Waals surface area (Å²) in [7, 11) is 0. The molecular formula is C54H51NO. The van der Waals surface area contributed by atoms with Crippen LogP contribution in [0.25, 0.3) is 22.3 Å². The molecule has 0 aromatic heterocycles. The molecule has 1 aliphatic heterocycles. The van der Waals surface area contributed by atoms with Crippen LogP contribution in [0, 0.1) is 29.1 Å². The van der Waals surface area contributed by atoms with Crippen molar-refractivity contribution in [3.8, 4) is 33.8 Å². The van der Waals surface area contributed by atoms with Gasteiger partial charge in [0.15, 0.2) is 0 Å². The third kappa shape index (κ3) is 4.28. The molecule has 5 aliphatic carbocycles. The Hall–Kier alpha value is -5.08. The first kappa shape index (κ1) is 33.1. The van der Waals surface area contributed by atoms with Crippen molar-refractivity contribution in [2.75, 3.05) is 4.90 Å². The van der Waals surface area contributed by atoms with E-state index in [9.17, 15) is 0 Å². The second kappa shape index (κ2) is 11.3. The molecule has 56 heavy (non-hydrogen) atoms. The molecule has 6 atom stereocenters. The highest BCUT2D eigenvalue weighted by molar-refractivity contribution is 5.81. The minimum absolute atomic E-state index is 0.00941. The van der Waals surface area contributed by atoms with Crippen molar-refractivity contribution >= 4 is 17.1 Å². The van der Waals surface area contributed by atoms with Gasteiger partial charge in [-0.15, -0.1) is 0 Å². The minimum atomic E-state index is -0.00941. The lowest BCUT2D eigenvalue weighted by atomic mass is 9.26. The maximum atomic E-state index is 7.08. The summed E-state index contributed by atoms with van der Waals surface area (Å²) in [6.07, 6.45) is 8.03. The Kier molecular flexibility index (Phi) is 6.67. The zero-order valence-electron chi connectivity index (χ0n) is 33.2. The Morgan fingerprint density at radius 3 is 1.77 bits per heavy atom. The van der Waals surface area contributed by atoms with Gasteiger partial charge in [-0.25, -0.2) is 0 Å². The number of hydrogen-bond acceptors (Lipinski definition) is 2. The van der Waals surface area contributed by atoms with Crippen LogP contribution >= 0.6 is 0 Å². The molecule has 6 aliphatic rings. The Balaban J connectivity index is 1.04. The summed E-state index contributed by atoms with van der Waals surface area (Å²) in [5.41, 5.74) is 15.2. The van der Waals surface area contributed by atoms with Gasteiger partial charge in [-0.05, 0) is 160 Å². The highest BCUT2D eigenvalue weighted by Crippen LogP contribution is 2.89. The van der Waals surface area contributed by atoms with Crippen molar-refractivity contribution < 1.29 is 4.74 Å². The number of fused-ring (bicyclic) bond motifs is 8. The minimum Gasteiger partial charge on any atom is -0.457 e. The van der Waals surface area contributed by atoms with Gasteiger partial charge in [-0.3, -0.25) is 0 Å². The summed E-state index contributed by atoms with van der Waals surface area (Å²) in [6.45, 7) is 9.74. The number of benzene rings is 6. The highest BCUT2D eigenvalue weighted by atomic mass is 16.5. The predicted molar refractivity (Wildman–Crippen MR) is 229 cm³/mol. The molecule has 6 aromatic carbocycles. The first-order valence-electron chi connectivity index (χ1n) is 21.3. The van der Waals surface area contributed by atoms with E-state index >= 15 is 0 Å². The Morgan fingerprint density at radius 2 is 1.05 bits per heavy atom. The number of anilines is 3. The van der Waals surface area contributed by atoms with Gasteiger partial charge < -0.3 is 9.64 Å². The molecule has 2 bridgehead atoms. The summed E-state index contributed by atoms with van der Waals surface area (Å²) >= 11 is 0. The first-order chi connectivity index (χ1) is 27.2. The van der Waals surface area contributed by atoms with Crippen LogP contribution in [-0.2, 0) is 16.2 Å². The van der Waals surface area contributed by atoms with E-state index in [1.54, 1.807) is 0 Å². The molecule has 0 amide bonds. The maximum absolute atomic E-state index is 7.08.